The van der Waals surface area contributed by atoms with E-state index in [1.165, 1.54) is 11.3 Å². The summed E-state index contributed by atoms with van der Waals surface area (Å²) in [4.78, 5) is 44.3. The van der Waals surface area contributed by atoms with Crippen LogP contribution in [0.5, 0.6) is 0 Å². The van der Waals surface area contributed by atoms with E-state index in [1.54, 1.807) is 37.5 Å². The highest BCUT2D eigenvalue weighted by Crippen LogP contribution is 2.39. The summed E-state index contributed by atoms with van der Waals surface area (Å²) in [6.45, 7) is 1.15. The molecule has 4 aromatic rings. The molecule has 1 aliphatic heterocycles. The minimum atomic E-state index is -0.0839. The number of nitrogens with zero attached hydrogens (tertiary/aromatic N) is 5. The van der Waals surface area contributed by atoms with Gasteiger partial charge in [0.1, 0.15) is 16.0 Å². The molecule has 0 saturated carbocycles. The number of fused-ring (bicyclic) bond motifs is 2. The Kier molecular flexibility index (Phi) is 4.86. The van der Waals surface area contributed by atoms with Crippen LogP contribution in [0.3, 0.4) is 0 Å². The number of hydrogen-bond donors (Lipinski definition) is 0. The minimum Gasteiger partial charge on any atom is -0.344 e. The zero-order chi connectivity index (χ0) is 21.5. The first-order valence-electron chi connectivity index (χ1n) is 10.1. The highest BCUT2D eigenvalue weighted by molar-refractivity contribution is 7.20. The molecule has 0 N–H and O–H groups in total. The van der Waals surface area contributed by atoms with Gasteiger partial charge in [-0.05, 0) is 18.6 Å². The Bertz CT molecular complexity index is 1320. The van der Waals surface area contributed by atoms with Crippen LogP contribution in [0, 0.1) is 0 Å². The molecule has 1 atom stereocenters. The number of likely N-dealkylation sites (tertiary alicyclic amines) is 1. The van der Waals surface area contributed by atoms with Gasteiger partial charge in [-0.1, -0.05) is 24.3 Å². The third-order valence-corrected chi connectivity index (χ3v) is 6.76. The van der Waals surface area contributed by atoms with E-state index >= 15 is 0 Å². The van der Waals surface area contributed by atoms with E-state index in [0.29, 0.717) is 23.7 Å². The molecule has 0 spiro atoms. The van der Waals surface area contributed by atoms with Crippen LogP contribution in [-0.2, 0) is 0 Å². The molecule has 2 amide bonds. The molecule has 1 aliphatic rings. The molecule has 7 nitrogen and oxygen atoms in total. The van der Waals surface area contributed by atoms with E-state index in [2.05, 4.69) is 15.0 Å². The predicted octanol–water partition coefficient (Wildman–Crippen LogP) is 3.57. The quantitative estimate of drug-likeness (QED) is 0.495. The third-order valence-electron chi connectivity index (χ3n) is 5.66. The molecule has 1 unspecified atom stereocenters. The molecule has 1 fully saturated rings. The molecule has 1 aromatic carbocycles. The molecule has 3 aromatic heterocycles. The Morgan fingerprint density at radius 1 is 1.10 bits per heavy atom. The summed E-state index contributed by atoms with van der Waals surface area (Å²) in [5, 5.41) is 1.01. The van der Waals surface area contributed by atoms with E-state index in [9.17, 15) is 9.59 Å². The summed E-state index contributed by atoms with van der Waals surface area (Å²) >= 11 is 1.37. The summed E-state index contributed by atoms with van der Waals surface area (Å²) in [7, 11) is 3.49. The van der Waals surface area contributed by atoms with Gasteiger partial charge in [0.05, 0.1) is 10.4 Å². The van der Waals surface area contributed by atoms with Crippen molar-refractivity contribution in [3.05, 3.63) is 64.9 Å². The maximum absolute atomic E-state index is 13.2. The fourth-order valence-electron chi connectivity index (χ4n) is 4.11. The second-order valence-corrected chi connectivity index (χ2v) is 8.88. The van der Waals surface area contributed by atoms with Crippen molar-refractivity contribution in [1.29, 1.82) is 0 Å². The summed E-state index contributed by atoms with van der Waals surface area (Å²) in [6, 6.07) is 11.5. The average molecular weight is 432 g/mol. The van der Waals surface area contributed by atoms with Crippen LogP contribution >= 0.6 is 11.3 Å². The van der Waals surface area contributed by atoms with E-state index in [-0.39, 0.29) is 17.7 Å². The van der Waals surface area contributed by atoms with Crippen molar-refractivity contribution in [2.45, 2.75) is 12.3 Å². The number of hydrogen-bond acceptors (Lipinski definition) is 6. The normalized spacial score (nSPS) is 16.2. The highest BCUT2D eigenvalue weighted by atomic mass is 32.1. The molecule has 5 rings (SSSR count). The molecular formula is C23H21N5O2S. The van der Waals surface area contributed by atoms with E-state index in [1.807, 2.05) is 35.2 Å². The zero-order valence-corrected chi connectivity index (χ0v) is 18.1. The van der Waals surface area contributed by atoms with E-state index < -0.39 is 0 Å². The first-order chi connectivity index (χ1) is 15.0. The molecular weight excluding hydrogens is 410 g/mol. The molecule has 8 heteroatoms. The lowest BCUT2D eigenvalue weighted by Gasteiger charge is -2.17. The van der Waals surface area contributed by atoms with Crippen LogP contribution in [0.4, 0.5) is 0 Å². The Morgan fingerprint density at radius 2 is 1.90 bits per heavy atom. The van der Waals surface area contributed by atoms with Crippen LogP contribution < -0.4 is 0 Å². The maximum atomic E-state index is 13.2. The molecule has 0 radical (unpaired) electrons. The molecule has 4 heterocycles. The number of rotatable bonds is 3. The third kappa shape index (κ3) is 3.42. The van der Waals surface area contributed by atoms with Gasteiger partial charge in [0.15, 0.2) is 0 Å². The lowest BCUT2D eigenvalue weighted by molar-refractivity contribution is 0.0785. The first kappa shape index (κ1) is 19.6. The van der Waals surface area contributed by atoms with Gasteiger partial charge in [-0.2, -0.15) is 0 Å². The van der Waals surface area contributed by atoms with Gasteiger partial charge < -0.3 is 9.80 Å². The molecule has 31 heavy (non-hydrogen) atoms. The fourth-order valence-corrected chi connectivity index (χ4v) is 5.32. The first-order valence-corrected chi connectivity index (χ1v) is 10.9. The van der Waals surface area contributed by atoms with Crippen LogP contribution in [0.25, 0.3) is 21.3 Å². The predicted molar refractivity (Wildman–Crippen MR) is 120 cm³/mol. The highest BCUT2D eigenvalue weighted by Gasteiger charge is 2.34. The molecule has 0 bridgehead atoms. The number of pyridine rings is 1. The van der Waals surface area contributed by atoms with Crippen LogP contribution in [-0.4, -0.2) is 63.8 Å². The maximum Gasteiger partial charge on any atom is 0.272 e. The lowest BCUT2D eigenvalue weighted by Crippen LogP contribution is -2.29. The van der Waals surface area contributed by atoms with Gasteiger partial charge in [0, 0.05) is 56.4 Å². The number of aromatic nitrogens is 3. The Morgan fingerprint density at radius 3 is 2.74 bits per heavy atom. The summed E-state index contributed by atoms with van der Waals surface area (Å²) < 4.78 is 0. The lowest BCUT2D eigenvalue weighted by atomic mass is 9.97. The van der Waals surface area contributed by atoms with E-state index in [4.69, 9.17) is 0 Å². The van der Waals surface area contributed by atoms with Gasteiger partial charge in [-0.3, -0.25) is 14.6 Å². The monoisotopic (exact) mass is 431 g/mol. The number of benzene rings is 1. The number of thiophene rings is 1. The fraction of sp³-hybridized carbons (Fsp3) is 0.261. The molecule has 0 aliphatic carbocycles. The largest absolute Gasteiger partial charge is 0.344 e. The van der Waals surface area contributed by atoms with Gasteiger partial charge >= 0.3 is 0 Å². The van der Waals surface area contributed by atoms with Crippen LogP contribution in [0.2, 0.25) is 0 Å². The number of para-hydroxylation sites is 1. The SMILES string of the molecule is CN(C)C(=O)c1sc2nccnc2c1C1CCN(C(=O)c2ccc3ccccc3n2)C1. The Balaban J connectivity index is 1.46. The van der Waals surface area contributed by atoms with Crippen molar-refractivity contribution in [1.82, 2.24) is 24.8 Å². The number of carbonyl (C=O) groups excluding carboxylic acids is 2. The second kappa shape index (κ2) is 7.70. The summed E-state index contributed by atoms with van der Waals surface area (Å²) in [6.07, 6.45) is 4.07. The second-order valence-electron chi connectivity index (χ2n) is 7.88. The Hall–Kier alpha value is -3.39. The topological polar surface area (TPSA) is 79.3 Å². The molecule has 1 saturated heterocycles. The zero-order valence-electron chi connectivity index (χ0n) is 17.3. The van der Waals surface area contributed by atoms with Gasteiger partial charge in [-0.25, -0.2) is 9.97 Å². The standard InChI is InChI=1S/C23H21N5O2S/c1-27(2)23(30)20-18(19-21(31-20)25-11-10-24-19)15-9-12-28(13-15)22(29)17-8-7-14-5-3-4-6-16(14)26-17/h3-8,10-11,15H,9,12-13H2,1-2H3. The van der Waals surface area contributed by atoms with Crippen molar-refractivity contribution >= 4 is 44.4 Å². The van der Waals surface area contributed by atoms with Gasteiger partial charge in [0.25, 0.3) is 11.8 Å². The minimum absolute atomic E-state index is 0.0359. The van der Waals surface area contributed by atoms with Crippen molar-refractivity contribution in [2.24, 2.45) is 0 Å². The summed E-state index contributed by atoms with van der Waals surface area (Å²) in [5.41, 5.74) is 2.93. The smallest absolute Gasteiger partial charge is 0.272 e. The van der Waals surface area contributed by atoms with Crippen molar-refractivity contribution < 1.29 is 9.59 Å². The van der Waals surface area contributed by atoms with Crippen LogP contribution in [0.1, 0.15) is 38.1 Å². The Labute approximate surface area is 183 Å². The van der Waals surface area contributed by atoms with Crippen molar-refractivity contribution in [3.63, 3.8) is 0 Å². The van der Waals surface area contributed by atoms with Crippen molar-refractivity contribution in [3.8, 4) is 0 Å². The number of amides is 2. The van der Waals surface area contributed by atoms with Gasteiger partial charge in [0.2, 0.25) is 0 Å². The average Bonchev–Trinajstić information content (AvgIpc) is 3.42. The van der Waals surface area contributed by atoms with Crippen LogP contribution in [0.15, 0.2) is 48.8 Å². The number of carbonyl (C=O) groups is 2. The van der Waals surface area contributed by atoms with Gasteiger partial charge in [-0.15, -0.1) is 11.3 Å². The molecule has 156 valence electrons. The van der Waals surface area contributed by atoms with E-state index in [0.717, 1.165) is 33.2 Å². The van der Waals surface area contributed by atoms with Crippen molar-refractivity contribution in [2.75, 3.05) is 27.2 Å². The summed E-state index contributed by atoms with van der Waals surface area (Å²) in [5.74, 6) is -0.103.